The van der Waals surface area contributed by atoms with Gasteiger partial charge in [0.05, 0.1) is 30.3 Å². The van der Waals surface area contributed by atoms with Crippen LogP contribution in [0, 0.1) is 0 Å². The maximum atomic E-state index is 11.8. The Morgan fingerprint density at radius 3 is 3.11 bits per heavy atom. The Bertz CT molecular complexity index is 442. The molecule has 0 saturated heterocycles. The van der Waals surface area contributed by atoms with Gasteiger partial charge < -0.3 is 15.6 Å². The molecule has 0 radical (unpaired) electrons. The van der Waals surface area contributed by atoms with Crippen molar-refractivity contribution in [1.29, 1.82) is 0 Å². The monoisotopic (exact) mass is 251 g/mol. The normalized spacial score (nSPS) is 17.9. The van der Waals surface area contributed by atoms with Crippen LogP contribution >= 0.6 is 0 Å². The molecule has 1 aromatic rings. The standard InChI is InChI=1S/C11H17N5O2/c1-2-12-10(17)5-14-11(18)8-3-7-9(4-13-8)16-6-15-7/h6,8,13H,2-5H2,1H3,(H,12,17)(H,14,18)(H,15,16). The molecule has 7 nitrogen and oxygen atoms in total. The first kappa shape index (κ1) is 12.6. The number of nitrogens with one attached hydrogen (secondary N) is 4. The molecule has 1 atom stereocenters. The quantitative estimate of drug-likeness (QED) is 0.533. The van der Waals surface area contributed by atoms with Crippen LogP contribution in [0.3, 0.4) is 0 Å². The van der Waals surface area contributed by atoms with Gasteiger partial charge in [-0.3, -0.25) is 14.9 Å². The minimum Gasteiger partial charge on any atom is -0.355 e. The Morgan fingerprint density at radius 1 is 1.50 bits per heavy atom. The van der Waals surface area contributed by atoms with Crippen molar-refractivity contribution >= 4 is 11.8 Å². The maximum absolute atomic E-state index is 11.8. The van der Waals surface area contributed by atoms with Crippen molar-refractivity contribution in [3.63, 3.8) is 0 Å². The number of amides is 2. The van der Waals surface area contributed by atoms with Crippen LogP contribution in [-0.2, 0) is 22.6 Å². The molecule has 0 aromatic carbocycles. The van der Waals surface area contributed by atoms with Gasteiger partial charge in [0.25, 0.3) is 0 Å². The number of likely N-dealkylation sites (N-methyl/N-ethyl adjacent to an activating group) is 1. The Hall–Kier alpha value is -1.89. The van der Waals surface area contributed by atoms with Crippen LogP contribution in [0.5, 0.6) is 0 Å². The van der Waals surface area contributed by atoms with E-state index in [0.29, 0.717) is 19.5 Å². The Kier molecular flexibility index (Phi) is 3.93. The predicted molar refractivity (Wildman–Crippen MR) is 64.6 cm³/mol. The second-order valence-corrected chi connectivity index (χ2v) is 4.14. The summed E-state index contributed by atoms with van der Waals surface area (Å²) < 4.78 is 0. The van der Waals surface area contributed by atoms with Gasteiger partial charge in [-0.2, -0.15) is 0 Å². The van der Waals surface area contributed by atoms with E-state index in [-0.39, 0.29) is 24.4 Å². The second-order valence-electron chi connectivity index (χ2n) is 4.14. The summed E-state index contributed by atoms with van der Waals surface area (Å²) in [7, 11) is 0. The molecule has 2 heterocycles. The van der Waals surface area contributed by atoms with Crippen molar-refractivity contribution in [3.8, 4) is 0 Å². The number of rotatable bonds is 4. The molecule has 7 heteroatoms. The van der Waals surface area contributed by atoms with E-state index in [9.17, 15) is 9.59 Å². The third-order valence-electron chi connectivity index (χ3n) is 2.84. The van der Waals surface area contributed by atoms with Crippen molar-refractivity contribution in [2.45, 2.75) is 25.9 Å². The lowest BCUT2D eigenvalue weighted by Crippen LogP contribution is -2.49. The molecule has 1 unspecified atom stereocenters. The third kappa shape index (κ3) is 2.86. The van der Waals surface area contributed by atoms with Gasteiger partial charge in [-0.05, 0) is 6.92 Å². The first-order valence-electron chi connectivity index (χ1n) is 5.99. The number of nitrogens with zero attached hydrogens (tertiary/aromatic N) is 1. The van der Waals surface area contributed by atoms with Crippen molar-refractivity contribution in [2.24, 2.45) is 0 Å². The smallest absolute Gasteiger partial charge is 0.239 e. The van der Waals surface area contributed by atoms with Crippen molar-refractivity contribution in [2.75, 3.05) is 13.1 Å². The van der Waals surface area contributed by atoms with E-state index in [1.165, 1.54) is 0 Å². The van der Waals surface area contributed by atoms with Gasteiger partial charge in [0.1, 0.15) is 0 Å². The average Bonchev–Trinajstić information content (AvgIpc) is 2.83. The van der Waals surface area contributed by atoms with E-state index in [4.69, 9.17) is 0 Å². The molecule has 0 bridgehead atoms. The molecule has 1 aromatic heterocycles. The molecule has 1 aliphatic rings. The molecular formula is C11H17N5O2. The number of imidazole rings is 1. The van der Waals surface area contributed by atoms with Crippen LogP contribution in [0.4, 0.5) is 0 Å². The Labute approximate surface area is 105 Å². The van der Waals surface area contributed by atoms with Gasteiger partial charge in [-0.1, -0.05) is 0 Å². The fourth-order valence-electron chi connectivity index (χ4n) is 1.90. The Morgan fingerprint density at radius 2 is 2.33 bits per heavy atom. The van der Waals surface area contributed by atoms with Gasteiger partial charge in [-0.25, -0.2) is 4.98 Å². The summed E-state index contributed by atoms with van der Waals surface area (Å²) in [4.78, 5) is 30.2. The summed E-state index contributed by atoms with van der Waals surface area (Å²) in [5.74, 6) is -0.350. The van der Waals surface area contributed by atoms with Gasteiger partial charge in [0.15, 0.2) is 0 Å². The number of aromatic nitrogens is 2. The van der Waals surface area contributed by atoms with Gasteiger partial charge in [0, 0.05) is 19.5 Å². The summed E-state index contributed by atoms with van der Waals surface area (Å²) in [6.45, 7) is 3.00. The van der Waals surface area contributed by atoms with E-state index in [2.05, 4.69) is 25.9 Å². The average molecular weight is 251 g/mol. The van der Waals surface area contributed by atoms with Crippen LogP contribution in [0.2, 0.25) is 0 Å². The van der Waals surface area contributed by atoms with Crippen LogP contribution in [0.1, 0.15) is 18.3 Å². The van der Waals surface area contributed by atoms with E-state index in [0.717, 1.165) is 11.4 Å². The van der Waals surface area contributed by atoms with Crippen LogP contribution in [0.25, 0.3) is 0 Å². The number of fused-ring (bicyclic) bond motifs is 1. The summed E-state index contributed by atoms with van der Waals surface area (Å²) in [6, 6.07) is -0.324. The molecule has 2 amide bonds. The molecule has 98 valence electrons. The lowest BCUT2D eigenvalue weighted by atomic mass is 10.0. The summed E-state index contributed by atoms with van der Waals surface area (Å²) in [5, 5.41) is 8.33. The molecule has 0 spiro atoms. The van der Waals surface area contributed by atoms with Crippen LogP contribution < -0.4 is 16.0 Å². The highest BCUT2D eigenvalue weighted by Crippen LogP contribution is 2.11. The molecule has 0 saturated carbocycles. The van der Waals surface area contributed by atoms with Gasteiger partial charge in [0.2, 0.25) is 11.8 Å². The number of hydrogen-bond acceptors (Lipinski definition) is 4. The molecule has 0 aliphatic carbocycles. The zero-order valence-corrected chi connectivity index (χ0v) is 10.2. The first-order valence-corrected chi connectivity index (χ1v) is 5.99. The predicted octanol–water partition coefficient (Wildman–Crippen LogP) is -1.32. The zero-order valence-electron chi connectivity index (χ0n) is 10.2. The lowest BCUT2D eigenvalue weighted by Gasteiger charge is -2.22. The molecule has 2 rings (SSSR count). The number of aromatic amines is 1. The zero-order chi connectivity index (χ0) is 13.0. The van der Waals surface area contributed by atoms with Crippen LogP contribution in [0.15, 0.2) is 6.33 Å². The first-order chi connectivity index (χ1) is 8.70. The molecular weight excluding hydrogens is 234 g/mol. The Balaban J connectivity index is 1.82. The third-order valence-corrected chi connectivity index (χ3v) is 2.84. The molecule has 1 aliphatic heterocycles. The van der Waals surface area contributed by atoms with E-state index in [1.54, 1.807) is 6.33 Å². The van der Waals surface area contributed by atoms with Crippen LogP contribution in [-0.4, -0.2) is 40.9 Å². The fourth-order valence-corrected chi connectivity index (χ4v) is 1.90. The minimum atomic E-state index is -0.324. The van der Waals surface area contributed by atoms with E-state index >= 15 is 0 Å². The largest absolute Gasteiger partial charge is 0.355 e. The van der Waals surface area contributed by atoms with E-state index in [1.807, 2.05) is 6.92 Å². The van der Waals surface area contributed by atoms with Crippen molar-refractivity contribution < 1.29 is 9.59 Å². The SMILES string of the molecule is CCNC(=O)CNC(=O)C1Cc2nc[nH]c2CN1. The van der Waals surface area contributed by atoms with Crippen molar-refractivity contribution in [1.82, 2.24) is 25.9 Å². The molecule has 0 fully saturated rings. The van der Waals surface area contributed by atoms with Gasteiger partial charge in [-0.15, -0.1) is 0 Å². The van der Waals surface area contributed by atoms with Gasteiger partial charge >= 0.3 is 0 Å². The number of carbonyl (C=O) groups excluding carboxylic acids is 2. The van der Waals surface area contributed by atoms with E-state index < -0.39 is 0 Å². The maximum Gasteiger partial charge on any atom is 0.239 e. The fraction of sp³-hybridized carbons (Fsp3) is 0.545. The van der Waals surface area contributed by atoms with Crippen molar-refractivity contribution in [3.05, 3.63) is 17.7 Å². The number of carbonyl (C=O) groups is 2. The summed E-state index contributed by atoms with van der Waals surface area (Å²) >= 11 is 0. The second kappa shape index (κ2) is 5.63. The highest BCUT2D eigenvalue weighted by molar-refractivity contribution is 5.87. The summed E-state index contributed by atoms with van der Waals surface area (Å²) in [6.07, 6.45) is 2.17. The minimum absolute atomic E-state index is 0.0122. The highest BCUT2D eigenvalue weighted by atomic mass is 16.2. The summed E-state index contributed by atoms with van der Waals surface area (Å²) in [5.41, 5.74) is 1.93. The number of hydrogen-bond donors (Lipinski definition) is 4. The topological polar surface area (TPSA) is 98.9 Å². The molecule has 4 N–H and O–H groups in total. The number of H-pyrrole nitrogens is 1. The molecule has 18 heavy (non-hydrogen) atoms. The lowest BCUT2D eigenvalue weighted by molar-refractivity contribution is -0.127. The highest BCUT2D eigenvalue weighted by Gasteiger charge is 2.25.